The van der Waals surface area contributed by atoms with Crippen molar-refractivity contribution in [3.63, 3.8) is 0 Å². The minimum atomic E-state index is -1.04. The number of aliphatic carboxylic acids is 1. The van der Waals surface area contributed by atoms with Crippen LogP contribution in [0, 0.1) is 11.8 Å². The Bertz CT molecular complexity index is 251. The molecular formula is C13H23NO3. The minimum absolute atomic E-state index is 0.302. The Morgan fingerprint density at radius 3 is 2.65 bits per heavy atom. The summed E-state index contributed by atoms with van der Waals surface area (Å²) in [7, 11) is 0. The summed E-state index contributed by atoms with van der Waals surface area (Å²) in [6, 6.07) is 0. The fourth-order valence-electron chi connectivity index (χ4n) is 1.63. The molecule has 2 N–H and O–H groups in total. The van der Waals surface area contributed by atoms with E-state index in [-0.39, 0.29) is 6.54 Å². The van der Waals surface area contributed by atoms with Gasteiger partial charge in [-0.1, -0.05) is 32.4 Å². The molecule has 1 rings (SSSR count). The maximum absolute atomic E-state index is 9.54. The summed E-state index contributed by atoms with van der Waals surface area (Å²) < 4.78 is 0. The van der Waals surface area contributed by atoms with Gasteiger partial charge in [-0.05, 0) is 31.1 Å². The van der Waals surface area contributed by atoms with Crippen LogP contribution in [0.25, 0.3) is 0 Å². The molecule has 0 bridgehead atoms. The molecule has 0 heterocycles. The lowest BCUT2D eigenvalue weighted by Crippen LogP contribution is -2.20. The SMILES string of the molecule is CC1CC/C=C/[C@H](C)CC1.O=CNCC(=O)O. The maximum Gasteiger partial charge on any atom is 0.322 e. The first kappa shape index (κ1) is 15.7. The van der Waals surface area contributed by atoms with E-state index in [1.165, 1.54) is 25.7 Å². The van der Waals surface area contributed by atoms with Gasteiger partial charge in [-0.2, -0.15) is 0 Å². The fourth-order valence-corrected chi connectivity index (χ4v) is 1.63. The van der Waals surface area contributed by atoms with Crippen LogP contribution >= 0.6 is 0 Å². The summed E-state index contributed by atoms with van der Waals surface area (Å²) >= 11 is 0. The first-order valence-electron chi connectivity index (χ1n) is 6.11. The van der Waals surface area contributed by atoms with Crippen molar-refractivity contribution >= 4 is 12.4 Å². The molecule has 0 aliphatic heterocycles. The lowest BCUT2D eigenvalue weighted by atomic mass is 9.91. The predicted molar refractivity (Wildman–Crippen MR) is 67.6 cm³/mol. The fraction of sp³-hybridized carbons (Fsp3) is 0.692. The highest BCUT2D eigenvalue weighted by molar-refractivity contribution is 5.71. The highest BCUT2D eigenvalue weighted by atomic mass is 16.4. The zero-order valence-electron chi connectivity index (χ0n) is 10.7. The van der Waals surface area contributed by atoms with E-state index in [2.05, 4.69) is 26.0 Å². The second-order valence-corrected chi connectivity index (χ2v) is 4.56. The molecule has 0 aromatic carbocycles. The van der Waals surface area contributed by atoms with Gasteiger partial charge in [0.2, 0.25) is 6.41 Å². The average Bonchev–Trinajstić information content (AvgIpc) is 2.28. The number of hydrogen-bond donors (Lipinski definition) is 2. The molecule has 0 aromatic heterocycles. The Morgan fingerprint density at radius 2 is 2.12 bits per heavy atom. The van der Waals surface area contributed by atoms with Crippen molar-refractivity contribution in [2.24, 2.45) is 11.8 Å². The molecule has 1 aliphatic carbocycles. The van der Waals surface area contributed by atoms with Crippen LogP contribution in [-0.4, -0.2) is 24.0 Å². The Kier molecular flexibility index (Phi) is 9.11. The van der Waals surface area contributed by atoms with Crippen molar-refractivity contribution in [2.45, 2.75) is 39.5 Å². The van der Waals surface area contributed by atoms with E-state index in [0.717, 1.165) is 11.8 Å². The van der Waals surface area contributed by atoms with Gasteiger partial charge in [0.1, 0.15) is 6.54 Å². The summed E-state index contributed by atoms with van der Waals surface area (Å²) in [5, 5.41) is 9.79. The van der Waals surface area contributed by atoms with E-state index in [1.54, 1.807) is 0 Å². The molecule has 1 amide bonds. The molecule has 1 unspecified atom stereocenters. The summed E-state index contributed by atoms with van der Waals surface area (Å²) in [4.78, 5) is 18.9. The van der Waals surface area contributed by atoms with Crippen molar-refractivity contribution in [3.05, 3.63) is 12.2 Å². The second kappa shape index (κ2) is 9.87. The van der Waals surface area contributed by atoms with Crippen LogP contribution in [-0.2, 0) is 9.59 Å². The Labute approximate surface area is 103 Å². The number of amides is 1. The van der Waals surface area contributed by atoms with Crippen molar-refractivity contribution in [2.75, 3.05) is 6.54 Å². The van der Waals surface area contributed by atoms with Gasteiger partial charge in [0.05, 0.1) is 0 Å². The zero-order chi connectivity index (χ0) is 13.1. The summed E-state index contributed by atoms with van der Waals surface area (Å²) in [6.07, 6.45) is 10.6. The summed E-state index contributed by atoms with van der Waals surface area (Å²) in [6.45, 7) is 4.38. The van der Waals surface area contributed by atoms with E-state index in [9.17, 15) is 9.59 Å². The number of rotatable bonds is 3. The molecule has 4 heteroatoms. The normalized spacial score (nSPS) is 25.5. The van der Waals surface area contributed by atoms with Crippen LogP contribution in [0.4, 0.5) is 0 Å². The van der Waals surface area contributed by atoms with Crippen molar-refractivity contribution in [1.82, 2.24) is 5.32 Å². The van der Waals surface area contributed by atoms with Crippen LogP contribution in [0.15, 0.2) is 12.2 Å². The van der Waals surface area contributed by atoms with Crippen molar-refractivity contribution in [1.29, 1.82) is 0 Å². The Balaban J connectivity index is 0.000000325. The molecule has 0 spiro atoms. The number of carboxylic acids is 1. The van der Waals surface area contributed by atoms with Crippen LogP contribution < -0.4 is 5.32 Å². The highest BCUT2D eigenvalue weighted by Gasteiger charge is 2.06. The monoisotopic (exact) mass is 241 g/mol. The average molecular weight is 241 g/mol. The summed E-state index contributed by atoms with van der Waals surface area (Å²) in [5.74, 6) is 0.738. The molecule has 0 fully saturated rings. The first-order valence-corrected chi connectivity index (χ1v) is 6.11. The van der Waals surface area contributed by atoms with Gasteiger partial charge in [-0.3, -0.25) is 9.59 Å². The smallest absolute Gasteiger partial charge is 0.322 e. The van der Waals surface area contributed by atoms with E-state index in [0.29, 0.717) is 6.41 Å². The highest BCUT2D eigenvalue weighted by Crippen LogP contribution is 2.20. The van der Waals surface area contributed by atoms with Gasteiger partial charge in [0, 0.05) is 0 Å². The zero-order valence-corrected chi connectivity index (χ0v) is 10.7. The quantitative estimate of drug-likeness (QED) is 0.588. The number of carboxylic acid groups (broad SMARTS) is 1. The topological polar surface area (TPSA) is 66.4 Å². The Morgan fingerprint density at radius 1 is 1.41 bits per heavy atom. The van der Waals surface area contributed by atoms with Gasteiger partial charge in [-0.25, -0.2) is 0 Å². The second-order valence-electron chi connectivity index (χ2n) is 4.56. The third-order valence-electron chi connectivity index (χ3n) is 2.74. The van der Waals surface area contributed by atoms with Gasteiger partial charge >= 0.3 is 5.97 Å². The van der Waals surface area contributed by atoms with Crippen LogP contribution in [0.1, 0.15) is 39.5 Å². The van der Waals surface area contributed by atoms with Crippen LogP contribution in [0.2, 0.25) is 0 Å². The van der Waals surface area contributed by atoms with E-state index in [4.69, 9.17) is 5.11 Å². The van der Waals surface area contributed by atoms with E-state index >= 15 is 0 Å². The van der Waals surface area contributed by atoms with Gasteiger partial charge in [-0.15, -0.1) is 0 Å². The maximum atomic E-state index is 9.54. The summed E-state index contributed by atoms with van der Waals surface area (Å²) in [5.41, 5.74) is 0. The van der Waals surface area contributed by atoms with Crippen LogP contribution in [0.5, 0.6) is 0 Å². The molecule has 17 heavy (non-hydrogen) atoms. The lowest BCUT2D eigenvalue weighted by molar-refractivity contribution is -0.136. The molecule has 1 aliphatic rings. The van der Waals surface area contributed by atoms with E-state index < -0.39 is 5.97 Å². The third-order valence-corrected chi connectivity index (χ3v) is 2.74. The molecule has 0 aromatic rings. The number of carbonyl (C=O) groups is 2. The molecule has 0 radical (unpaired) electrons. The van der Waals surface area contributed by atoms with E-state index in [1.807, 2.05) is 5.32 Å². The molecule has 2 atom stereocenters. The first-order chi connectivity index (χ1) is 8.06. The lowest BCUT2D eigenvalue weighted by Gasteiger charge is -2.15. The van der Waals surface area contributed by atoms with Gasteiger partial charge in [0.15, 0.2) is 0 Å². The Hall–Kier alpha value is -1.32. The molecule has 0 saturated carbocycles. The predicted octanol–water partition coefficient (Wildman–Crippen LogP) is 2.21. The minimum Gasteiger partial charge on any atom is -0.480 e. The van der Waals surface area contributed by atoms with Crippen molar-refractivity contribution < 1.29 is 14.7 Å². The number of hydrogen-bond acceptors (Lipinski definition) is 2. The molecule has 4 nitrogen and oxygen atoms in total. The van der Waals surface area contributed by atoms with Gasteiger partial charge < -0.3 is 10.4 Å². The van der Waals surface area contributed by atoms with Crippen LogP contribution in [0.3, 0.4) is 0 Å². The number of allylic oxidation sites excluding steroid dienone is 2. The number of carbonyl (C=O) groups excluding carboxylic acids is 1. The molecule has 0 saturated heterocycles. The largest absolute Gasteiger partial charge is 0.480 e. The van der Waals surface area contributed by atoms with Crippen molar-refractivity contribution in [3.8, 4) is 0 Å². The number of nitrogens with one attached hydrogen (secondary N) is 1. The third kappa shape index (κ3) is 11.0. The molecular weight excluding hydrogens is 218 g/mol. The molecule has 98 valence electrons. The standard InChI is InChI=1S/C10H18.C3H5NO3/c1-9-5-3-4-6-10(2)8-7-9;5-2-4-1-3(6)7/h3,5,9-10H,4,6-8H2,1-2H3;2H,1H2,(H,4,5)(H,6,7)/b5-3+;/t9-,10?;/m0./s1. The van der Waals surface area contributed by atoms with Gasteiger partial charge in [0.25, 0.3) is 0 Å².